The first-order chi connectivity index (χ1) is 17.2. The van der Waals surface area contributed by atoms with Crippen molar-refractivity contribution in [2.75, 3.05) is 13.7 Å². The van der Waals surface area contributed by atoms with Gasteiger partial charge in [0.25, 0.3) is 23.4 Å². The summed E-state index contributed by atoms with van der Waals surface area (Å²) >= 11 is 5.28. The van der Waals surface area contributed by atoms with Crippen LogP contribution in [0.25, 0.3) is 10.9 Å². The summed E-state index contributed by atoms with van der Waals surface area (Å²) in [6.07, 6.45) is 4.98. The third-order valence-corrected chi connectivity index (χ3v) is 6.47. The first-order valence-corrected chi connectivity index (χ1v) is 12.3. The molecule has 2 atom stereocenters. The van der Waals surface area contributed by atoms with Gasteiger partial charge < -0.3 is 20.8 Å². The largest absolute Gasteiger partial charge is 0.496 e. The maximum atomic E-state index is 13.5. The molecule has 1 heterocycles. The van der Waals surface area contributed by atoms with Crippen LogP contribution in [0.4, 0.5) is 4.39 Å². The van der Waals surface area contributed by atoms with Crippen molar-refractivity contribution in [2.24, 2.45) is 11.7 Å². The highest BCUT2D eigenvalue weighted by molar-refractivity contribution is 6.29. The number of aromatic amines is 1. The Morgan fingerprint density at radius 2 is 1.97 bits per heavy atom. The lowest BCUT2D eigenvalue weighted by Crippen LogP contribution is -2.56. The van der Waals surface area contributed by atoms with Gasteiger partial charge in [0, 0.05) is 17.3 Å². The van der Waals surface area contributed by atoms with E-state index in [1.807, 2.05) is 0 Å². The molecule has 1 aromatic heterocycles. The van der Waals surface area contributed by atoms with Crippen LogP contribution in [0.5, 0.6) is 5.75 Å². The Kier molecular flexibility index (Phi) is 9.51. The van der Waals surface area contributed by atoms with Gasteiger partial charge in [-0.1, -0.05) is 49.8 Å². The lowest BCUT2D eigenvalue weighted by atomic mass is 9.84. The summed E-state index contributed by atoms with van der Waals surface area (Å²) in [5, 5.41) is 4.07. The molecule has 36 heavy (non-hydrogen) atoms. The molecule has 1 aromatic carbocycles. The molecule has 0 aliphatic heterocycles. The molecular formula is C24H31ClFN5O5. The normalized spacial score (nSPS) is 15.6. The van der Waals surface area contributed by atoms with Gasteiger partial charge in [0.2, 0.25) is 5.91 Å². The van der Waals surface area contributed by atoms with Crippen LogP contribution < -0.4 is 21.2 Å². The number of H-pyrrole nitrogens is 1. The zero-order valence-electron chi connectivity index (χ0n) is 20.0. The number of hydrazine groups is 1. The molecule has 1 fully saturated rings. The van der Waals surface area contributed by atoms with Crippen molar-refractivity contribution in [3.63, 3.8) is 0 Å². The number of rotatable bonds is 10. The van der Waals surface area contributed by atoms with E-state index in [1.54, 1.807) is 24.3 Å². The number of fused-ring (bicyclic) bond motifs is 1. The Balaban J connectivity index is 1.80. The van der Waals surface area contributed by atoms with Gasteiger partial charge in [-0.3, -0.25) is 24.6 Å². The number of aromatic nitrogens is 1. The fourth-order valence-electron chi connectivity index (χ4n) is 4.42. The smallest absolute Gasteiger partial charge is 0.291 e. The molecule has 3 rings (SSSR count). The van der Waals surface area contributed by atoms with Gasteiger partial charge in [-0.15, -0.1) is 0 Å². The number of methoxy groups -OCH3 is 1. The van der Waals surface area contributed by atoms with E-state index in [1.165, 1.54) is 7.11 Å². The number of hydrogen-bond donors (Lipinski definition) is 4. The summed E-state index contributed by atoms with van der Waals surface area (Å²) < 4.78 is 18.8. The van der Waals surface area contributed by atoms with Crippen molar-refractivity contribution >= 4 is 46.1 Å². The van der Waals surface area contributed by atoms with Gasteiger partial charge in [0.1, 0.15) is 17.5 Å². The number of carbonyl (C=O) groups is 4. The third-order valence-electron chi connectivity index (χ3n) is 6.28. The van der Waals surface area contributed by atoms with E-state index in [0.29, 0.717) is 28.1 Å². The first kappa shape index (κ1) is 27.3. The zero-order valence-corrected chi connectivity index (χ0v) is 20.8. The summed E-state index contributed by atoms with van der Waals surface area (Å²) in [7, 11) is 1.53. The van der Waals surface area contributed by atoms with E-state index < -0.39 is 35.3 Å². The Morgan fingerprint density at radius 1 is 1.25 bits per heavy atom. The van der Waals surface area contributed by atoms with Crippen LogP contribution in [0.15, 0.2) is 24.3 Å². The molecule has 1 aliphatic carbocycles. The van der Waals surface area contributed by atoms with E-state index in [0.717, 1.165) is 32.1 Å². The van der Waals surface area contributed by atoms with Crippen molar-refractivity contribution in [3.05, 3.63) is 30.0 Å². The molecule has 12 heteroatoms. The summed E-state index contributed by atoms with van der Waals surface area (Å²) in [5.74, 6) is -2.46. The van der Waals surface area contributed by atoms with E-state index in [2.05, 4.69) is 15.7 Å². The molecule has 0 bridgehead atoms. The fraction of sp³-hybridized carbons (Fsp3) is 0.500. The predicted molar refractivity (Wildman–Crippen MR) is 132 cm³/mol. The molecule has 0 radical (unpaired) electrons. The molecule has 10 nitrogen and oxygen atoms in total. The Labute approximate surface area is 213 Å². The highest BCUT2D eigenvalue weighted by Gasteiger charge is 2.30. The minimum atomic E-state index is -2.43. The molecule has 5 N–H and O–H groups in total. The van der Waals surface area contributed by atoms with Gasteiger partial charge in [-0.2, -0.15) is 0 Å². The number of nitrogens with zero attached hydrogens (tertiary/aromatic N) is 1. The predicted octanol–water partition coefficient (Wildman–Crippen LogP) is 2.51. The van der Waals surface area contributed by atoms with Gasteiger partial charge in [-0.05, 0) is 30.5 Å². The summed E-state index contributed by atoms with van der Waals surface area (Å²) in [6.45, 7) is -0.362. The number of nitrogens with one attached hydrogen (secondary N) is 3. The highest BCUT2D eigenvalue weighted by Crippen LogP contribution is 2.28. The van der Waals surface area contributed by atoms with Crippen LogP contribution in [0, 0.1) is 5.92 Å². The Morgan fingerprint density at radius 3 is 2.61 bits per heavy atom. The number of alkyl halides is 2. The lowest BCUT2D eigenvalue weighted by Gasteiger charge is -2.29. The topological polar surface area (TPSA) is 147 Å². The van der Waals surface area contributed by atoms with Crippen LogP contribution in [-0.2, 0) is 14.4 Å². The summed E-state index contributed by atoms with van der Waals surface area (Å²) in [4.78, 5) is 52.7. The lowest BCUT2D eigenvalue weighted by molar-refractivity contribution is -0.144. The second-order valence-corrected chi connectivity index (χ2v) is 9.24. The fourth-order valence-corrected chi connectivity index (χ4v) is 4.54. The van der Waals surface area contributed by atoms with Crippen molar-refractivity contribution in [1.82, 2.24) is 20.7 Å². The number of hydrogen-bond acceptors (Lipinski definition) is 5. The van der Waals surface area contributed by atoms with Crippen molar-refractivity contribution in [2.45, 2.75) is 56.6 Å². The zero-order chi connectivity index (χ0) is 26.2. The molecule has 1 saturated carbocycles. The van der Waals surface area contributed by atoms with Crippen molar-refractivity contribution < 1.29 is 28.3 Å². The average molecular weight is 524 g/mol. The molecule has 196 valence electrons. The third kappa shape index (κ3) is 7.09. The SMILES string of the molecule is COc1cccc2[nH]c(C(=O)N[C@@H](CC3CCCCC3)C(=O)NN(CCC(N)=O)C(=O)[C@@H](F)Cl)cc12. The monoisotopic (exact) mass is 523 g/mol. The number of benzene rings is 1. The number of primary amides is 1. The standard InChI is InChI=1S/C24H31ClFN5O5/c1-36-19-9-5-8-16-15(19)13-18(28-16)22(33)29-17(12-14-6-3-2-4-7-14)23(34)30-31(11-10-20(27)32)24(35)21(25)26/h5,8-9,13-14,17,21,28H,2-4,6-7,10-12H2,1H3,(H2,27,32)(H,29,33)(H,30,34)/t17-,21+/m0/s1. The molecule has 1 aliphatic rings. The molecule has 4 amide bonds. The number of ether oxygens (including phenoxy) is 1. The Bertz CT molecular complexity index is 1100. The van der Waals surface area contributed by atoms with Gasteiger partial charge >= 0.3 is 0 Å². The van der Waals surface area contributed by atoms with Crippen LogP contribution in [0.3, 0.4) is 0 Å². The van der Waals surface area contributed by atoms with E-state index in [9.17, 15) is 23.6 Å². The van der Waals surface area contributed by atoms with Crippen LogP contribution in [-0.4, -0.2) is 58.9 Å². The van der Waals surface area contributed by atoms with Gasteiger partial charge in [0.05, 0.1) is 13.7 Å². The average Bonchev–Trinajstić information content (AvgIpc) is 3.30. The molecule has 0 saturated heterocycles. The number of amides is 4. The molecule has 2 aromatic rings. The summed E-state index contributed by atoms with van der Waals surface area (Å²) in [6, 6.07) is 5.95. The second-order valence-electron chi connectivity index (χ2n) is 8.85. The first-order valence-electron chi connectivity index (χ1n) is 11.8. The van der Waals surface area contributed by atoms with Crippen LogP contribution >= 0.6 is 11.6 Å². The minimum Gasteiger partial charge on any atom is -0.496 e. The van der Waals surface area contributed by atoms with Gasteiger partial charge in [0.15, 0.2) is 0 Å². The number of nitrogens with two attached hydrogens (primary N) is 1. The van der Waals surface area contributed by atoms with Crippen LogP contribution in [0.1, 0.15) is 55.4 Å². The molecular weight excluding hydrogens is 493 g/mol. The quantitative estimate of drug-likeness (QED) is 0.279. The molecule has 0 unspecified atom stereocenters. The Hall–Kier alpha value is -3.34. The number of halogens is 2. The highest BCUT2D eigenvalue weighted by atomic mass is 35.5. The maximum absolute atomic E-state index is 13.5. The van der Waals surface area contributed by atoms with E-state index in [4.69, 9.17) is 22.1 Å². The van der Waals surface area contributed by atoms with E-state index in [-0.39, 0.29) is 24.6 Å². The minimum absolute atomic E-state index is 0.189. The number of carbonyl (C=O) groups excluding carboxylic acids is 4. The van der Waals surface area contributed by atoms with Gasteiger partial charge in [-0.25, -0.2) is 9.40 Å². The van der Waals surface area contributed by atoms with Crippen molar-refractivity contribution in [3.8, 4) is 5.75 Å². The maximum Gasteiger partial charge on any atom is 0.291 e. The second kappa shape index (κ2) is 12.6. The molecule has 0 spiro atoms. The van der Waals surface area contributed by atoms with E-state index >= 15 is 0 Å². The van der Waals surface area contributed by atoms with Crippen LogP contribution in [0.2, 0.25) is 0 Å². The van der Waals surface area contributed by atoms with Crippen molar-refractivity contribution in [1.29, 1.82) is 0 Å². The summed E-state index contributed by atoms with van der Waals surface area (Å²) in [5.41, 5.74) is 5.93.